The fourth-order valence-corrected chi connectivity index (χ4v) is 3.10. The van der Waals surface area contributed by atoms with Gasteiger partial charge in [0.15, 0.2) is 0 Å². The normalized spacial score (nSPS) is 32.6. The van der Waals surface area contributed by atoms with Gasteiger partial charge in [-0.1, -0.05) is 6.92 Å². The van der Waals surface area contributed by atoms with Gasteiger partial charge in [0, 0.05) is 12.0 Å². The number of hydrogen-bond donors (Lipinski definition) is 1. The van der Waals surface area contributed by atoms with E-state index >= 15 is 0 Å². The highest BCUT2D eigenvalue weighted by Crippen LogP contribution is 2.45. The smallest absolute Gasteiger partial charge is 0.0548 e. The molecule has 0 aliphatic carbocycles. The van der Waals surface area contributed by atoms with E-state index in [1.54, 1.807) is 0 Å². The van der Waals surface area contributed by atoms with Gasteiger partial charge in [-0.25, -0.2) is 0 Å². The highest BCUT2D eigenvalue weighted by molar-refractivity contribution is 4.96. The largest absolute Gasteiger partial charge is 0.380 e. The van der Waals surface area contributed by atoms with Crippen molar-refractivity contribution in [3.63, 3.8) is 0 Å². The summed E-state index contributed by atoms with van der Waals surface area (Å²) >= 11 is 0. The monoisotopic (exact) mass is 212 g/mol. The van der Waals surface area contributed by atoms with Gasteiger partial charge in [0.1, 0.15) is 0 Å². The maximum atomic E-state index is 5.73. The maximum absolute atomic E-state index is 5.73. The third kappa shape index (κ3) is 2.19. The van der Waals surface area contributed by atoms with E-state index in [1.807, 2.05) is 0 Å². The molecule has 0 saturated carbocycles. The lowest BCUT2D eigenvalue weighted by molar-refractivity contribution is -0.153. The second-order valence-corrected chi connectivity index (χ2v) is 5.65. The number of hydrogen-bond acceptors (Lipinski definition) is 3. The zero-order valence-corrected chi connectivity index (χ0v) is 10.0. The quantitative estimate of drug-likeness (QED) is 0.754. The Labute approximate surface area is 93.0 Å². The van der Waals surface area contributed by atoms with Crippen molar-refractivity contribution in [2.75, 3.05) is 39.9 Å². The van der Waals surface area contributed by atoms with Crippen LogP contribution in [0.1, 0.15) is 19.8 Å². The molecule has 2 fully saturated rings. The summed E-state index contributed by atoms with van der Waals surface area (Å²) in [5.74, 6) is 1.48. The summed E-state index contributed by atoms with van der Waals surface area (Å²) < 4.78 is 5.47. The molecule has 15 heavy (non-hydrogen) atoms. The van der Waals surface area contributed by atoms with Gasteiger partial charge in [-0.3, -0.25) is 0 Å². The number of nitrogens with two attached hydrogens (primary N) is 1. The van der Waals surface area contributed by atoms with Gasteiger partial charge >= 0.3 is 0 Å². The molecule has 0 aromatic carbocycles. The average molecular weight is 212 g/mol. The molecule has 0 spiro atoms. The van der Waals surface area contributed by atoms with Crippen LogP contribution in [0.25, 0.3) is 0 Å². The standard InChI is InChI=1S/C12H24N2O/c1-10(6-13)5-12(8-15-9-12)11-3-4-14(2)7-11/h10-11H,3-9,13H2,1-2H3. The summed E-state index contributed by atoms with van der Waals surface area (Å²) in [7, 11) is 2.22. The summed E-state index contributed by atoms with van der Waals surface area (Å²) in [6.07, 6.45) is 2.60. The van der Waals surface area contributed by atoms with Crippen molar-refractivity contribution < 1.29 is 4.74 Å². The van der Waals surface area contributed by atoms with Gasteiger partial charge in [0.05, 0.1) is 13.2 Å². The van der Waals surface area contributed by atoms with Gasteiger partial charge in [-0.2, -0.15) is 0 Å². The van der Waals surface area contributed by atoms with Crippen molar-refractivity contribution in [3.8, 4) is 0 Å². The van der Waals surface area contributed by atoms with Crippen molar-refractivity contribution in [1.29, 1.82) is 0 Å². The first kappa shape index (κ1) is 11.4. The third-order valence-electron chi connectivity index (χ3n) is 4.19. The minimum Gasteiger partial charge on any atom is -0.380 e. The molecule has 3 nitrogen and oxygen atoms in total. The summed E-state index contributed by atoms with van der Waals surface area (Å²) in [5.41, 5.74) is 6.19. The summed E-state index contributed by atoms with van der Waals surface area (Å²) in [4.78, 5) is 2.44. The molecule has 0 amide bonds. The Balaban J connectivity index is 1.95. The Morgan fingerprint density at radius 1 is 1.53 bits per heavy atom. The van der Waals surface area contributed by atoms with Crippen molar-refractivity contribution in [1.82, 2.24) is 4.90 Å². The van der Waals surface area contributed by atoms with Crippen LogP contribution in [-0.4, -0.2) is 44.8 Å². The lowest BCUT2D eigenvalue weighted by Gasteiger charge is -2.47. The van der Waals surface area contributed by atoms with Crippen LogP contribution in [-0.2, 0) is 4.74 Å². The molecule has 2 saturated heterocycles. The SMILES string of the molecule is CC(CN)CC1(C2CCN(C)C2)COC1. The Morgan fingerprint density at radius 3 is 2.67 bits per heavy atom. The number of rotatable bonds is 4. The van der Waals surface area contributed by atoms with Gasteiger partial charge in [-0.15, -0.1) is 0 Å². The molecule has 2 aliphatic heterocycles. The molecule has 0 aromatic heterocycles. The van der Waals surface area contributed by atoms with Crippen molar-refractivity contribution >= 4 is 0 Å². The first-order valence-corrected chi connectivity index (χ1v) is 6.12. The van der Waals surface area contributed by atoms with Crippen LogP contribution in [0, 0.1) is 17.3 Å². The van der Waals surface area contributed by atoms with Crippen LogP contribution >= 0.6 is 0 Å². The molecule has 2 atom stereocenters. The molecule has 2 heterocycles. The minimum atomic E-state index is 0.462. The van der Waals surface area contributed by atoms with E-state index < -0.39 is 0 Å². The summed E-state index contributed by atoms with van der Waals surface area (Å²) in [6, 6.07) is 0. The molecular weight excluding hydrogens is 188 g/mol. The van der Waals surface area contributed by atoms with E-state index in [0.29, 0.717) is 11.3 Å². The van der Waals surface area contributed by atoms with Crippen LogP contribution in [0.3, 0.4) is 0 Å². The number of nitrogens with zero attached hydrogens (tertiary/aromatic N) is 1. The Kier molecular flexibility index (Phi) is 3.33. The summed E-state index contributed by atoms with van der Waals surface area (Å²) in [5, 5.41) is 0. The van der Waals surface area contributed by atoms with E-state index in [-0.39, 0.29) is 0 Å². The molecule has 3 heteroatoms. The Morgan fingerprint density at radius 2 is 2.27 bits per heavy atom. The molecule has 2 aliphatic rings. The third-order valence-corrected chi connectivity index (χ3v) is 4.19. The maximum Gasteiger partial charge on any atom is 0.0548 e. The molecule has 0 bridgehead atoms. The lowest BCUT2D eigenvalue weighted by atomic mass is 9.68. The number of ether oxygens (including phenoxy) is 1. The lowest BCUT2D eigenvalue weighted by Crippen LogP contribution is -2.50. The first-order chi connectivity index (χ1) is 7.16. The fraction of sp³-hybridized carbons (Fsp3) is 1.00. The second kappa shape index (κ2) is 4.40. The zero-order valence-electron chi connectivity index (χ0n) is 10.0. The predicted molar refractivity (Wildman–Crippen MR) is 61.7 cm³/mol. The van der Waals surface area contributed by atoms with Gasteiger partial charge < -0.3 is 15.4 Å². The molecule has 88 valence electrons. The predicted octanol–water partition coefficient (Wildman–Crippen LogP) is 0.940. The van der Waals surface area contributed by atoms with E-state index in [0.717, 1.165) is 25.7 Å². The number of likely N-dealkylation sites (tertiary alicyclic amines) is 1. The highest BCUT2D eigenvalue weighted by atomic mass is 16.5. The minimum absolute atomic E-state index is 0.462. The Bertz CT molecular complexity index is 216. The van der Waals surface area contributed by atoms with Crippen molar-refractivity contribution in [2.24, 2.45) is 23.0 Å². The van der Waals surface area contributed by atoms with Gasteiger partial charge in [-0.05, 0) is 44.8 Å². The topological polar surface area (TPSA) is 38.5 Å². The fourth-order valence-electron chi connectivity index (χ4n) is 3.10. The van der Waals surface area contributed by atoms with E-state index in [4.69, 9.17) is 10.5 Å². The van der Waals surface area contributed by atoms with Crippen molar-refractivity contribution in [3.05, 3.63) is 0 Å². The molecule has 2 rings (SSSR count). The second-order valence-electron chi connectivity index (χ2n) is 5.65. The van der Waals surface area contributed by atoms with Crippen LogP contribution in [0.15, 0.2) is 0 Å². The average Bonchev–Trinajstić information content (AvgIpc) is 2.58. The van der Waals surface area contributed by atoms with Crippen LogP contribution < -0.4 is 5.73 Å². The van der Waals surface area contributed by atoms with Crippen LogP contribution in [0.4, 0.5) is 0 Å². The molecule has 0 aromatic rings. The Hall–Kier alpha value is -0.120. The molecule has 0 radical (unpaired) electrons. The van der Waals surface area contributed by atoms with E-state index in [1.165, 1.54) is 25.9 Å². The van der Waals surface area contributed by atoms with Gasteiger partial charge in [0.2, 0.25) is 0 Å². The van der Waals surface area contributed by atoms with Gasteiger partial charge in [0.25, 0.3) is 0 Å². The van der Waals surface area contributed by atoms with Crippen LogP contribution in [0.5, 0.6) is 0 Å². The van der Waals surface area contributed by atoms with E-state index in [9.17, 15) is 0 Å². The van der Waals surface area contributed by atoms with Crippen LogP contribution in [0.2, 0.25) is 0 Å². The molecular formula is C12H24N2O. The zero-order chi connectivity index (χ0) is 10.9. The molecule has 2 N–H and O–H groups in total. The van der Waals surface area contributed by atoms with E-state index in [2.05, 4.69) is 18.9 Å². The first-order valence-electron chi connectivity index (χ1n) is 6.12. The van der Waals surface area contributed by atoms with Crippen molar-refractivity contribution in [2.45, 2.75) is 19.8 Å². The summed E-state index contributed by atoms with van der Waals surface area (Å²) in [6.45, 7) is 7.51. The molecule has 2 unspecified atom stereocenters. The highest BCUT2D eigenvalue weighted by Gasteiger charge is 2.47.